The molecule has 2 aromatic heterocycles. The van der Waals surface area contributed by atoms with Gasteiger partial charge in [-0.2, -0.15) is 0 Å². The number of hydrogen-bond donors (Lipinski definition) is 2. The summed E-state index contributed by atoms with van der Waals surface area (Å²) in [7, 11) is 3.16. The van der Waals surface area contributed by atoms with Crippen LogP contribution in [0.3, 0.4) is 0 Å². The van der Waals surface area contributed by atoms with Gasteiger partial charge in [0.05, 0.1) is 30.4 Å². The smallest absolute Gasteiger partial charge is 0.250 e. The number of fused-ring (bicyclic) bond motifs is 2. The Balaban J connectivity index is 0.000000201. The molecule has 344 valence electrons. The van der Waals surface area contributed by atoms with E-state index in [1.165, 1.54) is 12.2 Å². The van der Waals surface area contributed by atoms with Crippen molar-refractivity contribution in [2.45, 2.75) is 33.6 Å². The fourth-order valence-electron chi connectivity index (χ4n) is 7.97. The van der Waals surface area contributed by atoms with Crippen molar-refractivity contribution in [3.05, 3.63) is 163 Å². The molecule has 8 rings (SSSR count). The molecule has 2 aliphatic carbocycles. The Morgan fingerprint density at radius 1 is 0.706 bits per heavy atom. The number of amides is 2. The summed E-state index contributed by atoms with van der Waals surface area (Å²) >= 11 is 0. The first-order valence-electron chi connectivity index (χ1n) is 22.0. The van der Waals surface area contributed by atoms with Gasteiger partial charge in [0.25, 0.3) is 0 Å². The molecule has 68 heavy (non-hydrogen) atoms. The number of ether oxygens (including phenoxy) is 2. The first-order chi connectivity index (χ1) is 32.9. The van der Waals surface area contributed by atoms with Crippen LogP contribution in [0.2, 0.25) is 0 Å². The molecule has 0 aliphatic heterocycles. The monoisotopic (exact) mass is 908 g/mol. The average Bonchev–Trinajstić information content (AvgIpc) is 3.34. The number of hydrogen-bond acceptors (Lipinski definition) is 12. The molecule has 4 aromatic carbocycles. The maximum atomic E-state index is 12.4. The van der Waals surface area contributed by atoms with E-state index in [4.69, 9.17) is 9.47 Å². The van der Waals surface area contributed by atoms with Crippen molar-refractivity contribution in [3.63, 3.8) is 0 Å². The number of allylic oxidation sites excluding steroid dienone is 8. The maximum absolute atomic E-state index is 12.4. The highest BCUT2D eigenvalue weighted by atomic mass is 16.5. The second-order valence-electron chi connectivity index (χ2n) is 15.8. The maximum Gasteiger partial charge on any atom is 0.250 e. The molecule has 0 saturated heterocycles. The number of likely N-dealkylation sites (N-methyl/N-ethyl adjacent to an activating group) is 1. The Morgan fingerprint density at radius 2 is 1.25 bits per heavy atom. The predicted molar refractivity (Wildman–Crippen MR) is 270 cm³/mol. The van der Waals surface area contributed by atoms with Crippen LogP contribution in [0, 0.1) is 0 Å². The SMILES string of the molecule is C=CC(=O)N(CC)c1cc(Nc2ncc3cc(C4=C(C)C=CCC4=O)ccc3n2)ccc1OC.C=CC(=O)N(CCOC)c1cccc(Nc2ncc3cc(C4=C(C)C=CCC4=O)ccc3n2)c1. The highest BCUT2D eigenvalue weighted by Crippen LogP contribution is 2.34. The van der Waals surface area contributed by atoms with Gasteiger partial charge in [0.2, 0.25) is 23.7 Å². The van der Waals surface area contributed by atoms with E-state index in [1.807, 2.05) is 118 Å². The van der Waals surface area contributed by atoms with Gasteiger partial charge in [-0.15, -0.1) is 0 Å². The molecule has 0 unspecified atom stereocenters. The number of ketones is 2. The molecule has 0 bridgehead atoms. The van der Waals surface area contributed by atoms with Crippen molar-refractivity contribution < 1.29 is 28.7 Å². The number of rotatable bonds is 15. The molecule has 0 fully saturated rings. The van der Waals surface area contributed by atoms with Crippen molar-refractivity contribution in [3.8, 4) is 5.75 Å². The number of Topliss-reactive ketones (excluding diaryl/α,β-unsaturated/α-hetero) is 2. The molecule has 6 aromatic rings. The molecular formula is C54H52N8O6. The van der Waals surface area contributed by atoms with Crippen LogP contribution in [0.4, 0.5) is 34.6 Å². The summed E-state index contributed by atoms with van der Waals surface area (Å²) < 4.78 is 10.6. The normalized spacial score (nSPS) is 13.2. The lowest BCUT2D eigenvalue weighted by Gasteiger charge is -2.22. The van der Waals surface area contributed by atoms with Crippen molar-refractivity contribution in [2.75, 3.05) is 54.3 Å². The Bertz CT molecular complexity index is 3100. The van der Waals surface area contributed by atoms with E-state index < -0.39 is 0 Å². The number of nitrogens with one attached hydrogen (secondary N) is 2. The summed E-state index contributed by atoms with van der Waals surface area (Å²) in [4.78, 5) is 70.7. The van der Waals surface area contributed by atoms with E-state index >= 15 is 0 Å². The highest BCUT2D eigenvalue weighted by Gasteiger charge is 2.20. The molecule has 14 nitrogen and oxygen atoms in total. The molecule has 2 amide bonds. The quantitative estimate of drug-likeness (QED) is 0.0937. The predicted octanol–water partition coefficient (Wildman–Crippen LogP) is 10.1. The summed E-state index contributed by atoms with van der Waals surface area (Å²) in [5.74, 6) is 1.24. The van der Waals surface area contributed by atoms with E-state index in [-0.39, 0.29) is 23.4 Å². The molecule has 2 N–H and O–H groups in total. The third kappa shape index (κ3) is 10.8. The summed E-state index contributed by atoms with van der Waals surface area (Å²) in [6.07, 6.45) is 14.6. The Hall–Kier alpha value is -8.36. The van der Waals surface area contributed by atoms with Gasteiger partial charge in [0.15, 0.2) is 11.6 Å². The Kier molecular flexibility index (Phi) is 15.2. The number of anilines is 6. The summed E-state index contributed by atoms with van der Waals surface area (Å²) in [6.45, 7) is 14.2. The van der Waals surface area contributed by atoms with E-state index in [2.05, 4.69) is 43.7 Å². The molecule has 0 atom stereocenters. The third-order valence-electron chi connectivity index (χ3n) is 11.3. The highest BCUT2D eigenvalue weighted by molar-refractivity contribution is 6.24. The zero-order chi connectivity index (χ0) is 48.3. The number of methoxy groups -OCH3 is 2. The minimum Gasteiger partial charge on any atom is -0.495 e. The average molecular weight is 909 g/mol. The standard InChI is InChI=1S/2C27H26N4O3/c1-5-25(33)31(6-2)22-15-20(11-13-24(22)34-4)29-27-28-16-19-14-18(10-12-21(19)30-27)26-17(3)8-7-9-23(26)32;1-4-25(33)31(13-14-34-3)22-9-6-8-21(16-22)29-27-28-17-20-15-19(11-12-23(20)30-27)26-18(2)7-5-10-24(26)32/h5,7-8,10-16H,1,6,9H2,2-4H3,(H,28,29,30);4-9,11-12,15-17H,1,10,13-14H2,2-3H3,(H,28,29,30). The van der Waals surface area contributed by atoms with Crippen LogP contribution in [0.1, 0.15) is 44.7 Å². The Morgan fingerprint density at radius 3 is 1.75 bits per heavy atom. The van der Waals surface area contributed by atoms with Gasteiger partial charge < -0.3 is 29.9 Å². The van der Waals surface area contributed by atoms with Crippen LogP contribution in [-0.2, 0) is 23.9 Å². The Labute approximate surface area is 395 Å². The van der Waals surface area contributed by atoms with Gasteiger partial charge >= 0.3 is 0 Å². The summed E-state index contributed by atoms with van der Waals surface area (Å²) in [5, 5.41) is 8.10. The van der Waals surface area contributed by atoms with Crippen LogP contribution in [0.25, 0.3) is 33.0 Å². The van der Waals surface area contributed by atoms with Gasteiger partial charge in [0, 0.05) is 84.4 Å². The molecule has 2 heterocycles. The second kappa shape index (κ2) is 21.8. The minimum absolute atomic E-state index is 0.116. The van der Waals surface area contributed by atoms with Gasteiger partial charge in [-0.1, -0.05) is 55.7 Å². The van der Waals surface area contributed by atoms with E-state index in [0.29, 0.717) is 67.2 Å². The number of benzene rings is 4. The molecule has 0 spiro atoms. The fraction of sp³-hybridized carbons (Fsp3) is 0.185. The topological polar surface area (TPSA) is 169 Å². The number of carbonyl (C=O) groups is 4. The number of carbonyl (C=O) groups excluding carboxylic acids is 4. The van der Waals surface area contributed by atoms with Crippen LogP contribution in [-0.4, -0.2) is 77.2 Å². The first kappa shape index (κ1) is 47.6. The van der Waals surface area contributed by atoms with Crippen molar-refractivity contribution in [2.24, 2.45) is 0 Å². The zero-order valence-corrected chi connectivity index (χ0v) is 38.7. The fourth-order valence-corrected chi connectivity index (χ4v) is 7.97. The lowest BCUT2D eigenvalue weighted by Crippen LogP contribution is -2.32. The lowest BCUT2D eigenvalue weighted by atomic mass is 9.91. The second-order valence-corrected chi connectivity index (χ2v) is 15.8. The molecule has 14 heteroatoms. The third-order valence-corrected chi connectivity index (χ3v) is 11.3. The molecule has 0 radical (unpaired) electrons. The lowest BCUT2D eigenvalue weighted by molar-refractivity contribution is -0.115. The van der Waals surface area contributed by atoms with Crippen molar-refractivity contribution >= 4 is 91.0 Å². The van der Waals surface area contributed by atoms with Gasteiger partial charge in [0.1, 0.15) is 5.75 Å². The zero-order valence-electron chi connectivity index (χ0n) is 38.7. The van der Waals surface area contributed by atoms with E-state index in [9.17, 15) is 19.2 Å². The largest absolute Gasteiger partial charge is 0.495 e. The van der Waals surface area contributed by atoms with Crippen molar-refractivity contribution in [1.82, 2.24) is 19.9 Å². The summed E-state index contributed by atoms with van der Waals surface area (Å²) in [5.41, 5.74) is 9.47. The first-order valence-corrected chi connectivity index (χ1v) is 22.0. The van der Waals surface area contributed by atoms with Crippen LogP contribution < -0.4 is 25.2 Å². The van der Waals surface area contributed by atoms with Crippen LogP contribution in [0.5, 0.6) is 5.75 Å². The summed E-state index contributed by atoms with van der Waals surface area (Å²) in [6, 6.07) is 24.4. The van der Waals surface area contributed by atoms with Crippen molar-refractivity contribution in [1.29, 1.82) is 0 Å². The number of nitrogens with zero attached hydrogens (tertiary/aromatic N) is 6. The number of aromatic nitrogens is 4. The molecule has 0 saturated carbocycles. The van der Waals surface area contributed by atoms with Gasteiger partial charge in [-0.3, -0.25) is 19.2 Å². The van der Waals surface area contributed by atoms with E-state index in [0.717, 1.165) is 60.9 Å². The van der Waals surface area contributed by atoms with E-state index in [1.54, 1.807) is 42.5 Å². The minimum atomic E-state index is -0.215. The van der Waals surface area contributed by atoms with Gasteiger partial charge in [-0.25, -0.2) is 19.9 Å². The van der Waals surface area contributed by atoms with Gasteiger partial charge in [-0.05, 0) is 116 Å². The molecular weight excluding hydrogens is 857 g/mol. The molecule has 2 aliphatic rings. The van der Waals surface area contributed by atoms with Crippen LogP contribution >= 0.6 is 0 Å². The van der Waals surface area contributed by atoms with Crippen LogP contribution in [0.15, 0.2) is 152 Å².